The number of ketones is 1. The van der Waals surface area contributed by atoms with Gasteiger partial charge in [-0.3, -0.25) is 4.79 Å². The number of aliphatic hydroxyl groups is 2. The van der Waals surface area contributed by atoms with Gasteiger partial charge < -0.3 is 33.9 Å². The number of carbonyl (C=O) groups excluding carboxylic acids is 2. The van der Waals surface area contributed by atoms with Gasteiger partial charge >= 0.3 is 5.97 Å². The molecular formula is C29H46O9. The number of hydrogen-bond acceptors (Lipinski definition) is 9. The van der Waals surface area contributed by atoms with Gasteiger partial charge in [0.25, 0.3) is 0 Å². The van der Waals surface area contributed by atoms with Gasteiger partial charge in [-0.15, -0.1) is 0 Å². The van der Waals surface area contributed by atoms with Crippen molar-refractivity contribution >= 4 is 11.8 Å². The fourth-order valence-electron chi connectivity index (χ4n) is 4.99. The molecule has 0 aliphatic carbocycles. The minimum absolute atomic E-state index is 0.0213. The Morgan fingerprint density at radius 2 is 1.63 bits per heavy atom. The molecule has 11 atom stereocenters. The molecule has 9 heteroatoms. The molecule has 0 bridgehead atoms. The van der Waals surface area contributed by atoms with Gasteiger partial charge in [0.05, 0.1) is 18.8 Å². The van der Waals surface area contributed by atoms with Gasteiger partial charge in [0, 0.05) is 38.0 Å². The van der Waals surface area contributed by atoms with E-state index in [-0.39, 0.29) is 36.1 Å². The molecule has 2 aliphatic heterocycles. The molecule has 9 nitrogen and oxygen atoms in total. The van der Waals surface area contributed by atoms with E-state index in [1.54, 1.807) is 25.2 Å². The maximum Gasteiger partial charge on any atom is 0.330 e. The SMILES string of the molecule is CC[C@H]1OC(=O)/C=C/[C@H](C)[C@@H](O)[C@@H](C)C[C@@H](C)C(=O)/C=C/C=C/[C@@H]1COC1OC(C)C(O)C(OC)C1OC. The molecule has 0 radical (unpaired) electrons. The van der Waals surface area contributed by atoms with Crippen LogP contribution in [0.1, 0.15) is 47.5 Å². The average molecular weight is 539 g/mol. The summed E-state index contributed by atoms with van der Waals surface area (Å²) in [6.07, 6.45) is 6.08. The molecular weight excluding hydrogens is 492 g/mol. The molecule has 0 aromatic heterocycles. The van der Waals surface area contributed by atoms with Crippen molar-refractivity contribution in [3.05, 3.63) is 36.5 Å². The number of carbonyl (C=O) groups is 2. The van der Waals surface area contributed by atoms with Gasteiger partial charge in [0.2, 0.25) is 0 Å². The lowest BCUT2D eigenvalue weighted by Crippen LogP contribution is -2.59. The number of esters is 1. The highest BCUT2D eigenvalue weighted by Crippen LogP contribution is 2.27. The Hall–Kier alpha value is -1.88. The quantitative estimate of drug-likeness (QED) is 0.492. The summed E-state index contributed by atoms with van der Waals surface area (Å²) in [5.41, 5.74) is 0. The Morgan fingerprint density at radius 3 is 2.26 bits per heavy atom. The van der Waals surface area contributed by atoms with Gasteiger partial charge in [0.15, 0.2) is 12.1 Å². The van der Waals surface area contributed by atoms with E-state index in [4.69, 9.17) is 23.7 Å². The molecule has 1 saturated heterocycles. The van der Waals surface area contributed by atoms with E-state index in [1.165, 1.54) is 26.4 Å². The smallest absolute Gasteiger partial charge is 0.330 e. The molecule has 38 heavy (non-hydrogen) atoms. The summed E-state index contributed by atoms with van der Waals surface area (Å²) in [7, 11) is 2.99. The van der Waals surface area contributed by atoms with Crippen LogP contribution in [-0.2, 0) is 33.3 Å². The topological polar surface area (TPSA) is 121 Å². The average Bonchev–Trinajstić information content (AvgIpc) is 2.90. The highest BCUT2D eigenvalue weighted by molar-refractivity contribution is 5.91. The molecule has 1 fully saturated rings. The minimum atomic E-state index is -0.877. The lowest BCUT2D eigenvalue weighted by atomic mass is 9.85. The molecule has 0 aromatic carbocycles. The summed E-state index contributed by atoms with van der Waals surface area (Å²) in [4.78, 5) is 25.3. The number of ether oxygens (including phenoxy) is 5. The summed E-state index contributed by atoms with van der Waals surface area (Å²) in [6.45, 7) is 9.35. The number of cyclic esters (lactones) is 1. The number of methoxy groups -OCH3 is 2. The first-order valence-corrected chi connectivity index (χ1v) is 13.5. The Morgan fingerprint density at radius 1 is 0.947 bits per heavy atom. The number of aliphatic hydroxyl groups excluding tert-OH is 2. The maximum atomic E-state index is 12.7. The van der Waals surface area contributed by atoms with E-state index >= 15 is 0 Å². The summed E-state index contributed by atoms with van der Waals surface area (Å²) in [5.74, 6) is -1.55. The van der Waals surface area contributed by atoms with E-state index in [9.17, 15) is 19.8 Å². The van der Waals surface area contributed by atoms with Crippen molar-refractivity contribution < 1.29 is 43.5 Å². The lowest BCUT2D eigenvalue weighted by molar-refractivity contribution is -0.304. The van der Waals surface area contributed by atoms with E-state index in [0.717, 1.165) is 0 Å². The third-order valence-corrected chi connectivity index (χ3v) is 7.50. The monoisotopic (exact) mass is 538 g/mol. The van der Waals surface area contributed by atoms with E-state index in [2.05, 4.69) is 0 Å². The molecule has 2 heterocycles. The van der Waals surface area contributed by atoms with E-state index in [1.807, 2.05) is 33.8 Å². The van der Waals surface area contributed by atoms with Crippen LogP contribution < -0.4 is 0 Å². The van der Waals surface area contributed by atoms with Crippen molar-refractivity contribution in [2.45, 2.75) is 90.4 Å². The molecule has 2 aliphatic rings. The molecule has 2 rings (SSSR count). The van der Waals surface area contributed by atoms with Crippen LogP contribution >= 0.6 is 0 Å². The molecule has 216 valence electrons. The van der Waals surface area contributed by atoms with E-state index in [0.29, 0.717) is 12.8 Å². The van der Waals surface area contributed by atoms with Crippen LogP contribution in [0.5, 0.6) is 0 Å². The van der Waals surface area contributed by atoms with Crippen LogP contribution in [0.25, 0.3) is 0 Å². The summed E-state index contributed by atoms with van der Waals surface area (Å²) in [5, 5.41) is 21.1. The zero-order valence-corrected chi connectivity index (χ0v) is 23.7. The van der Waals surface area contributed by atoms with Crippen LogP contribution in [0.2, 0.25) is 0 Å². The Kier molecular flexibility index (Phi) is 13.3. The largest absolute Gasteiger partial charge is 0.459 e. The normalized spacial score (nSPS) is 42.3. The van der Waals surface area contributed by atoms with Crippen molar-refractivity contribution in [1.29, 1.82) is 0 Å². The van der Waals surface area contributed by atoms with Gasteiger partial charge in [-0.05, 0) is 31.8 Å². The second kappa shape index (κ2) is 15.6. The lowest BCUT2D eigenvalue weighted by Gasteiger charge is -2.42. The first kappa shape index (κ1) is 32.3. The molecule has 0 aromatic rings. The molecule has 0 saturated carbocycles. The first-order valence-electron chi connectivity index (χ1n) is 13.5. The number of allylic oxidation sites excluding steroid dienone is 3. The van der Waals surface area contributed by atoms with Gasteiger partial charge in [-0.25, -0.2) is 4.79 Å². The van der Waals surface area contributed by atoms with Crippen molar-refractivity contribution in [1.82, 2.24) is 0 Å². The highest BCUT2D eigenvalue weighted by atomic mass is 16.7. The first-order chi connectivity index (χ1) is 18.0. The third kappa shape index (κ3) is 8.83. The fourth-order valence-corrected chi connectivity index (χ4v) is 4.99. The van der Waals surface area contributed by atoms with Crippen molar-refractivity contribution in [3.63, 3.8) is 0 Å². The van der Waals surface area contributed by atoms with Crippen LogP contribution in [0.3, 0.4) is 0 Å². The predicted octanol–water partition coefficient (Wildman–Crippen LogP) is 2.99. The summed E-state index contributed by atoms with van der Waals surface area (Å²) >= 11 is 0. The van der Waals surface area contributed by atoms with Crippen molar-refractivity contribution in [3.8, 4) is 0 Å². The Bertz CT molecular complexity index is 838. The second-order valence-corrected chi connectivity index (χ2v) is 10.5. The highest BCUT2D eigenvalue weighted by Gasteiger charge is 2.45. The van der Waals surface area contributed by atoms with Crippen LogP contribution in [0, 0.1) is 23.7 Å². The van der Waals surface area contributed by atoms with Gasteiger partial charge in [-0.1, -0.05) is 52.0 Å². The van der Waals surface area contributed by atoms with Crippen molar-refractivity contribution in [2.24, 2.45) is 23.7 Å². The molecule has 0 spiro atoms. The van der Waals surface area contributed by atoms with Crippen molar-refractivity contribution in [2.75, 3.05) is 20.8 Å². The molecule has 2 N–H and O–H groups in total. The van der Waals surface area contributed by atoms with Gasteiger partial charge in [0.1, 0.15) is 24.4 Å². The molecule has 0 amide bonds. The Labute approximate surface area is 226 Å². The number of rotatable bonds is 6. The van der Waals surface area contributed by atoms with E-state index < -0.39 is 48.9 Å². The predicted molar refractivity (Wildman–Crippen MR) is 142 cm³/mol. The van der Waals surface area contributed by atoms with Crippen LogP contribution in [0.15, 0.2) is 36.5 Å². The zero-order chi connectivity index (χ0) is 28.4. The minimum Gasteiger partial charge on any atom is -0.459 e. The molecule has 5 unspecified atom stereocenters. The Balaban J connectivity index is 2.28. The standard InChI is InChI=1S/C29H46O9/c1-8-23-21(16-36-29-28(35-7)27(34-6)26(33)20(5)37-29)11-9-10-12-22(30)18(3)15-19(4)25(32)17(2)13-14-24(31)38-23/h9-14,17-21,23,25-29,32-33H,8,15-16H2,1-7H3/b11-9+,12-10+,14-13+/t17-,18+,19-,20?,21+,23+,25+,26?,27?,28?,29?/m0/s1. The maximum absolute atomic E-state index is 12.7. The second-order valence-electron chi connectivity index (χ2n) is 10.5. The zero-order valence-electron chi connectivity index (χ0n) is 23.7. The van der Waals surface area contributed by atoms with Gasteiger partial charge in [-0.2, -0.15) is 0 Å². The fraction of sp³-hybridized carbons (Fsp3) is 0.724. The van der Waals surface area contributed by atoms with Crippen LogP contribution in [-0.4, -0.2) is 85.7 Å². The third-order valence-electron chi connectivity index (χ3n) is 7.50. The van der Waals surface area contributed by atoms with Crippen LogP contribution in [0.4, 0.5) is 0 Å². The summed E-state index contributed by atoms with van der Waals surface area (Å²) in [6, 6.07) is 0. The summed E-state index contributed by atoms with van der Waals surface area (Å²) < 4.78 is 28.7. The number of hydrogen-bond donors (Lipinski definition) is 2.